The van der Waals surface area contributed by atoms with Gasteiger partial charge in [-0.15, -0.1) is 11.3 Å². The van der Waals surface area contributed by atoms with Crippen molar-refractivity contribution >= 4 is 38.6 Å². The van der Waals surface area contributed by atoms with Gasteiger partial charge in [0.2, 0.25) is 10.0 Å². The molecule has 2 rings (SSSR count). The molecule has 4 nitrogen and oxygen atoms in total. The molecule has 7 heteroatoms. The Morgan fingerprint density at radius 1 is 1.15 bits per heavy atom. The summed E-state index contributed by atoms with van der Waals surface area (Å²) in [4.78, 5) is 1.12. The number of anilines is 1. The van der Waals surface area contributed by atoms with Crippen LogP contribution in [0.15, 0.2) is 41.3 Å². The molecule has 0 aliphatic rings. The minimum Gasteiger partial charge on any atom is -0.388 e. The molecule has 0 bridgehead atoms. The quantitative estimate of drug-likeness (QED) is 0.882. The molecule has 0 aliphatic heterocycles. The Labute approximate surface area is 127 Å². The van der Waals surface area contributed by atoms with Crippen molar-refractivity contribution in [2.75, 3.05) is 12.4 Å². The fourth-order valence-corrected chi connectivity index (χ4v) is 4.08. The number of benzene rings is 1. The molecule has 1 aromatic carbocycles. The van der Waals surface area contributed by atoms with Crippen molar-refractivity contribution in [1.82, 2.24) is 4.72 Å². The molecule has 0 spiro atoms. The van der Waals surface area contributed by atoms with Gasteiger partial charge in [-0.3, -0.25) is 0 Å². The predicted molar refractivity (Wildman–Crippen MR) is 84.1 cm³/mol. The van der Waals surface area contributed by atoms with Gasteiger partial charge in [0.1, 0.15) is 0 Å². The van der Waals surface area contributed by atoms with Crippen LogP contribution in [0.2, 0.25) is 4.34 Å². The number of thiophene rings is 1. The van der Waals surface area contributed by atoms with E-state index >= 15 is 0 Å². The van der Waals surface area contributed by atoms with Crippen molar-refractivity contribution in [2.24, 2.45) is 0 Å². The molecule has 1 unspecified atom stereocenters. The Morgan fingerprint density at radius 2 is 1.80 bits per heavy atom. The third-order valence-corrected chi connectivity index (χ3v) is 5.78. The minimum absolute atomic E-state index is 0.242. The van der Waals surface area contributed by atoms with Crippen molar-refractivity contribution in [1.29, 1.82) is 0 Å². The first kappa shape index (κ1) is 15.3. The van der Waals surface area contributed by atoms with Crippen molar-refractivity contribution < 1.29 is 8.42 Å². The van der Waals surface area contributed by atoms with Crippen LogP contribution in [-0.2, 0) is 10.0 Å². The summed E-state index contributed by atoms with van der Waals surface area (Å²) in [6.07, 6.45) is 0. The smallest absolute Gasteiger partial charge is 0.241 e. The average Bonchev–Trinajstić information content (AvgIpc) is 2.85. The third-order valence-electron chi connectivity index (χ3n) is 2.81. The van der Waals surface area contributed by atoms with Crippen LogP contribution in [-0.4, -0.2) is 15.5 Å². The van der Waals surface area contributed by atoms with E-state index in [-0.39, 0.29) is 10.9 Å². The Kier molecular flexibility index (Phi) is 4.70. The van der Waals surface area contributed by atoms with Gasteiger partial charge < -0.3 is 5.32 Å². The topological polar surface area (TPSA) is 58.2 Å². The number of hydrogen-bond donors (Lipinski definition) is 2. The molecule has 0 amide bonds. The zero-order chi connectivity index (χ0) is 14.8. The van der Waals surface area contributed by atoms with Gasteiger partial charge in [0, 0.05) is 17.6 Å². The van der Waals surface area contributed by atoms with E-state index in [1.165, 1.54) is 11.3 Å². The van der Waals surface area contributed by atoms with Crippen molar-refractivity contribution in [3.05, 3.63) is 45.6 Å². The second-order valence-electron chi connectivity index (χ2n) is 4.26. The van der Waals surface area contributed by atoms with Gasteiger partial charge in [-0.1, -0.05) is 11.6 Å². The van der Waals surface area contributed by atoms with E-state index in [1.54, 1.807) is 44.3 Å². The number of rotatable bonds is 5. The van der Waals surface area contributed by atoms with E-state index in [0.717, 1.165) is 10.6 Å². The second kappa shape index (κ2) is 6.13. The Bertz CT molecular complexity index is 681. The van der Waals surface area contributed by atoms with Gasteiger partial charge in [-0.05, 0) is 43.3 Å². The fraction of sp³-hybridized carbons (Fsp3) is 0.231. The maximum Gasteiger partial charge on any atom is 0.241 e. The van der Waals surface area contributed by atoms with Crippen LogP contribution in [0.25, 0.3) is 0 Å². The molecule has 20 heavy (non-hydrogen) atoms. The van der Waals surface area contributed by atoms with Gasteiger partial charge in [-0.2, -0.15) is 0 Å². The van der Waals surface area contributed by atoms with Crippen molar-refractivity contribution in [3.8, 4) is 0 Å². The zero-order valence-corrected chi connectivity index (χ0v) is 13.4. The molecule has 0 saturated heterocycles. The average molecular weight is 331 g/mol. The maximum absolute atomic E-state index is 12.3. The summed E-state index contributed by atoms with van der Waals surface area (Å²) in [5, 5.41) is 2.95. The van der Waals surface area contributed by atoms with E-state index in [0.29, 0.717) is 4.34 Å². The highest BCUT2D eigenvalue weighted by Crippen LogP contribution is 2.27. The number of hydrogen-bond acceptors (Lipinski definition) is 4. The molecule has 0 aliphatic carbocycles. The standard InChI is InChI=1S/C13H15ClN2O2S2/c1-9(12-7-8-13(14)19-12)16-20(17,18)11-5-3-10(15-2)4-6-11/h3-9,15-16H,1-2H3. The van der Waals surface area contributed by atoms with Crippen LogP contribution < -0.4 is 10.0 Å². The summed E-state index contributed by atoms with van der Waals surface area (Å²) in [7, 11) is -1.76. The van der Waals surface area contributed by atoms with E-state index in [4.69, 9.17) is 11.6 Å². The molecular weight excluding hydrogens is 316 g/mol. The molecular formula is C13H15ClN2O2S2. The van der Waals surface area contributed by atoms with E-state index in [9.17, 15) is 8.42 Å². The number of halogens is 1. The first-order chi connectivity index (χ1) is 9.42. The highest BCUT2D eigenvalue weighted by atomic mass is 35.5. The summed E-state index contributed by atoms with van der Waals surface area (Å²) in [6.45, 7) is 1.79. The highest BCUT2D eigenvalue weighted by molar-refractivity contribution is 7.89. The van der Waals surface area contributed by atoms with Crippen molar-refractivity contribution in [3.63, 3.8) is 0 Å². The Balaban J connectivity index is 2.17. The SMILES string of the molecule is CNc1ccc(S(=O)(=O)NC(C)c2ccc(Cl)s2)cc1. The largest absolute Gasteiger partial charge is 0.388 e. The minimum atomic E-state index is -3.54. The van der Waals surface area contributed by atoms with Gasteiger partial charge in [0.05, 0.1) is 15.3 Å². The summed E-state index contributed by atoms with van der Waals surface area (Å²) >= 11 is 7.23. The highest BCUT2D eigenvalue weighted by Gasteiger charge is 2.19. The van der Waals surface area contributed by atoms with Crippen LogP contribution in [0.4, 0.5) is 5.69 Å². The van der Waals surface area contributed by atoms with Crippen LogP contribution in [0.1, 0.15) is 17.8 Å². The molecule has 108 valence electrons. The molecule has 0 fully saturated rings. The zero-order valence-electron chi connectivity index (χ0n) is 11.1. The monoisotopic (exact) mass is 330 g/mol. The fourth-order valence-electron chi connectivity index (χ4n) is 1.72. The van der Waals surface area contributed by atoms with Crippen molar-refractivity contribution in [2.45, 2.75) is 17.9 Å². The van der Waals surface area contributed by atoms with Crippen LogP contribution in [0.3, 0.4) is 0 Å². The van der Waals surface area contributed by atoms with Crippen LogP contribution >= 0.6 is 22.9 Å². The van der Waals surface area contributed by atoms with Gasteiger partial charge in [0.25, 0.3) is 0 Å². The Hall–Kier alpha value is -1.08. The molecule has 1 aromatic heterocycles. The first-order valence-electron chi connectivity index (χ1n) is 5.98. The molecule has 2 aromatic rings. The maximum atomic E-state index is 12.3. The van der Waals surface area contributed by atoms with Crippen LogP contribution in [0.5, 0.6) is 0 Å². The molecule has 1 atom stereocenters. The lowest BCUT2D eigenvalue weighted by atomic mass is 10.3. The predicted octanol–water partition coefficient (Wildman–Crippen LogP) is 3.48. The van der Waals surface area contributed by atoms with Gasteiger partial charge in [-0.25, -0.2) is 13.1 Å². The second-order valence-corrected chi connectivity index (χ2v) is 7.72. The van der Waals surface area contributed by atoms with Gasteiger partial charge >= 0.3 is 0 Å². The van der Waals surface area contributed by atoms with Crippen LogP contribution in [0, 0.1) is 0 Å². The summed E-state index contributed by atoms with van der Waals surface area (Å²) in [5.74, 6) is 0. The Morgan fingerprint density at radius 3 is 2.30 bits per heavy atom. The van der Waals surface area contributed by atoms with E-state index < -0.39 is 10.0 Å². The lowest BCUT2D eigenvalue weighted by Crippen LogP contribution is -2.26. The lowest BCUT2D eigenvalue weighted by Gasteiger charge is -2.13. The number of nitrogens with one attached hydrogen (secondary N) is 2. The summed E-state index contributed by atoms with van der Waals surface area (Å²) in [5.41, 5.74) is 0.863. The molecule has 0 radical (unpaired) electrons. The van der Waals surface area contributed by atoms with E-state index in [2.05, 4.69) is 10.0 Å². The molecule has 2 N–H and O–H groups in total. The normalized spacial score (nSPS) is 13.2. The summed E-state index contributed by atoms with van der Waals surface area (Å²) in [6, 6.07) is 9.85. The molecule has 0 saturated carbocycles. The van der Waals surface area contributed by atoms with E-state index in [1.807, 2.05) is 6.07 Å². The molecule has 1 heterocycles. The number of sulfonamides is 1. The first-order valence-corrected chi connectivity index (χ1v) is 8.65. The van der Waals surface area contributed by atoms with Gasteiger partial charge in [0.15, 0.2) is 0 Å². The lowest BCUT2D eigenvalue weighted by molar-refractivity contribution is 0.568. The summed E-state index contributed by atoms with van der Waals surface area (Å²) < 4.78 is 27.8. The third kappa shape index (κ3) is 3.52.